The number of ether oxygens (including phenoxy) is 1. The van der Waals surface area contributed by atoms with Gasteiger partial charge >= 0.3 is 0 Å². The first-order chi connectivity index (χ1) is 14.1. The highest BCUT2D eigenvalue weighted by Crippen LogP contribution is 2.21. The van der Waals surface area contributed by atoms with E-state index in [0.717, 1.165) is 45.1 Å². The van der Waals surface area contributed by atoms with Gasteiger partial charge in [-0.1, -0.05) is 13.8 Å². The van der Waals surface area contributed by atoms with Gasteiger partial charge in [-0.2, -0.15) is 5.10 Å². The first-order valence-electron chi connectivity index (χ1n) is 11.0. The van der Waals surface area contributed by atoms with Crippen LogP contribution in [0.15, 0.2) is 30.6 Å². The molecule has 2 aromatic heterocycles. The molecule has 2 aromatic rings. The van der Waals surface area contributed by atoms with Crippen LogP contribution in [0.1, 0.15) is 43.6 Å². The van der Waals surface area contributed by atoms with Crippen molar-refractivity contribution in [1.29, 1.82) is 0 Å². The maximum atomic E-state index is 5.23. The minimum Gasteiger partial charge on any atom is -0.383 e. The summed E-state index contributed by atoms with van der Waals surface area (Å²) in [6.45, 7) is 11.7. The van der Waals surface area contributed by atoms with Gasteiger partial charge in [0.1, 0.15) is 0 Å². The van der Waals surface area contributed by atoms with Crippen molar-refractivity contribution < 1.29 is 4.74 Å². The van der Waals surface area contributed by atoms with Crippen LogP contribution < -0.4 is 0 Å². The minimum absolute atomic E-state index is 0.627. The van der Waals surface area contributed by atoms with Gasteiger partial charge in [-0.15, -0.1) is 0 Å². The fourth-order valence-electron chi connectivity index (χ4n) is 4.16. The number of pyridine rings is 1. The Bertz CT molecular complexity index is 694. The Morgan fingerprint density at radius 1 is 1.21 bits per heavy atom. The number of hydrogen-bond donors (Lipinski definition) is 1. The zero-order valence-corrected chi connectivity index (χ0v) is 18.3. The normalized spacial score (nSPS) is 16.2. The van der Waals surface area contributed by atoms with Crippen LogP contribution in [0.25, 0.3) is 0 Å². The Morgan fingerprint density at radius 3 is 2.66 bits per heavy atom. The molecule has 29 heavy (non-hydrogen) atoms. The van der Waals surface area contributed by atoms with Crippen molar-refractivity contribution in [2.75, 3.05) is 39.9 Å². The molecule has 0 saturated carbocycles. The van der Waals surface area contributed by atoms with Crippen LogP contribution in [-0.4, -0.2) is 64.9 Å². The Hall–Kier alpha value is -1.76. The maximum absolute atomic E-state index is 5.23. The molecule has 1 saturated heterocycles. The molecule has 1 aliphatic heterocycles. The average molecular weight is 400 g/mol. The molecule has 1 aliphatic rings. The van der Waals surface area contributed by atoms with Crippen LogP contribution in [0.2, 0.25) is 0 Å². The number of rotatable bonds is 11. The predicted molar refractivity (Wildman–Crippen MR) is 117 cm³/mol. The molecule has 0 spiro atoms. The number of aromatic amines is 1. The molecular formula is C23H37N5O. The molecule has 6 nitrogen and oxygen atoms in total. The third-order valence-electron chi connectivity index (χ3n) is 5.69. The van der Waals surface area contributed by atoms with Crippen molar-refractivity contribution in [2.24, 2.45) is 11.8 Å². The molecule has 1 N–H and O–H groups in total. The summed E-state index contributed by atoms with van der Waals surface area (Å²) in [5, 5.41) is 7.79. The third kappa shape index (κ3) is 7.53. The van der Waals surface area contributed by atoms with Gasteiger partial charge in [0.05, 0.1) is 12.3 Å². The number of aromatic nitrogens is 3. The van der Waals surface area contributed by atoms with E-state index in [1.54, 1.807) is 7.11 Å². The van der Waals surface area contributed by atoms with Crippen LogP contribution in [0.5, 0.6) is 0 Å². The Balaban J connectivity index is 1.58. The fraction of sp³-hybridized carbons (Fsp3) is 0.652. The molecule has 0 amide bonds. The number of H-pyrrole nitrogens is 1. The van der Waals surface area contributed by atoms with Crippen LogP contribution >= 0.6 is 0 Å². The Kier molecular flexibility index (Phi) is 8.65. The molecule has 0 aromatic carbocycles. The van der Waals surface area contributed by atoms with Gasteiger partial charge < -0.3 is 9.64 Å². The topological polar surface area (TPSA) is 57.3 Å². The molecule has 3 heterocycles. The van der Waals surface area contributed by atoms with E-state index in [4.69, 9.17) is 4.74 Å². The highest BCUT2D eigenvalue weighted by atomic mass is 16.5. The van der Waals surface area contributed by atoms with E-state index in [1.165, 1.54) is 42.9 Å². The van der Waals surface area contributed by atoms with E-state index in [-0.39, 0.29) is 0 Å². The van der Waals surface area contributed by atoms with Crippen LogP contribution in [-0.2, 0) is 24.2 Å². The molecule has 6 heteroatoms. The second-order valence-corrected chi connectivity index (χ2v) is 8.79. The van der Waals surface area contributed by atoms with E-state index in [9.17, 15) is 0 Å². The zero-order chi connectivity index (χ0) is 20.5. The lowest BCUT2D eigenvalue weighted by Crippen LogP contribution is -2.39. The van der Waals surface area contributed by atoms with Gasteiger partial charge in [-0.3, -0.25) is 15.0 Å². The molecular weight excluding hydrogens is 362 g/mol. The number of likely N-dealkylation sites (tertiary alicyclic amines) is 1. The monoisotopic (exact) mass is 399 g/mol. The van der Waals surface area contributed by atoms with E-state index < -0.39 is 0 Å². The summed E-state index contributed by atoms with van der Waals surface area (Å²) < 4.78 is 5.23. The second kappa shape index (κ2) is 11.4. The quantitative estimate of drug-likeness (QED) is 0.628. The molecule has 3 rings (SSSR count). The van der Waals surface area contributed by atoms with Gasteiger partial charge in [0.25, 0.3) is 0 Å². The van der Waals surface area contributed by atoms with E-state index in [2.05, 4.69) is 57.0 Å². The number of piperidine rings is 1. The lowest BCUT2D eigenvalue weighted by atomic mass is 9.96. The van der Waals surface area contributed by atoms with Gasteiger partial charge in [-0.25, -0.2) is 0 Å². The van der Waals surface area contributed by atoms with Crippen molar-refractivity contribution in [3.05, 3.63) is 47.5 Å². The number of nitrogens with zero attached hydrogens (tertiary/aromatic N) is 4. The largest absolute Gasteiger partial charge is 0.383 e. The smallest absolute Gasteiger partial charge is 0.0628 e. The fourth-order valence-corrected chi connectivity index (χ4v) is 4.16. The van der Waals surface area contributed by atoms with Crippen molar-refractivity contribution >= 4 is 0 Å². The standard InChI is InChI=1S/C23H37N5O/c1-19(2)14-22-15-23(26-25-22)18-28(16-20-4-8-24-9-5-20)17-21-6-10-27(11-7-21)12-13-29-3/h4-5,8-9,15,19,21H,6-7,10-14,16-18H2,1-3H3,(H,25,26). The molecule has 0 bridgehead atoms. The average Bonchev–Trinajstić information content (AvgIpc) is 3.14. The van der Waals surface area contributed by atoms with Crippen molar-refractivity contribution in [3.63, 3.8) is 0 Å². The highest BCUT2D eigenvalue weighted by Gasteiger charge is 2.22. The van der Waals surface area contributed by atoms with Crippen LogP contribution in [0, 0.1) is 11.8 Å². The third-order valence-corrected chi connectivity index (χ3v) is 5.69. The molecule has 0 radical (unpaired) electrons. The van der Waals surface area contributed by atoms with Crippen molar-refractivity contribution in [3.8, 4) is 0 Å². The number of nitrogens with one attached hydrogen (secondary N) is 1. The minimum atomic E-state index is 0.627. The first kappa shape index (κ1) is 21.9. The van der Waals surface area contributed by atoms with Crippen molar-refractivity contribution in [1.82, 2.24) is 25.0 Å². The molecule has 160 valence electrons. The summed E-state index contributed by atoms with van der Waals surface area (Å²) >= 11 is 0. The molecule has 1 fully saturated rings. The summed E-state index contributed by atoms with van der Waals surface area (Å²) in [4.78, 5) is 9.26. The van der Waals surface area contributed by atoms with E-state index in [1.807, 2.05) is 12.4 Å². The zero-order valence-electron chi connectivity index (χ0n) is 18.3. The predicted octanol–water partition coefficient (Wildman–Crippen LogP) is 3.36. The van der Waals surface area contributed by atoms with Gasteiger partial charge in [0.15, 0.2) is 0 Å². The highest BCUT2D eigenvalue weighted by molar-refractivity contribution is 5.12. The van der Waals surface area contributed by atoms with Gasteiger partial charge in [-0.05, 0) is 68.0 Å². The summed E-state index contributed by atoms with van der Waals surface area (Å²) in [6, 6.07) is 6.49. The van der Waals surface area contributed by atoms with Gasteiger partial charge in [0, 0.05) is 51.4 Å². The SMILES string of the molecule is COCCN1CCC(CN(Cc2ccncc2)Cc2cc(CC(C)C)n[nH]2)CC1. The van der Waals surface area contributed by atoms with Crippen LogP contribution in [0.4, 0.5) is 0 Å². The molecule has 0 unspecified atom stereocenters. The summed E-state index contributed by atoms with van der Waals surface area (Å²) in [7, 11) is 1.78. The van der Waals surface area contributed by atoms with E-state index >= 15 is 0 Å². The lowest BCUT2D eigenvalue weighted by Gasteiger charge is -2.34. The summed E-state index contributed by atoms with van der Waals surface area (Å²) in [5.74, 6) is 1.37. The summed E-state index contributed by atoms with van der Waals surface area (Å²) in [5.41, 5.74) is 3.71. The van der Waals surface area contributed by atoms with Crippen molar-refractivity contribution in [2.45, 2.75) is 46.2 Å². The Labute approximate surface area is 175 Å². The lowest BCUT2D eigenvalue weighted by molar-refractivity contribution is 0.103. The molecule has 0 atom stereocenters. The molecule has 0 aliphatic carbocycles. The first-order valence-corrected chi connectivity index (χ1v) is 11.0. The maximum Gasteiger partial charge on any atom is 0.0628 e. The Morgan fingerprint density at radius 2 is 1.97 bits per heavy atom. The summed E-state index contributed by atoms with van der Waals surface area (Å²) in [6.07, 6.45) is 7.33. The van der Waals surface area contributed by atoms with E-state index in [0.29, 0.717) is 5.92 Å². The number of hydrogen-bond acceptors (Lipinski definition) is 5. The van der Waals surface area contributed by atoms with Crippen LogP contribution in [0.3, 0.4) is 0 Å². The number of methoxy groups -OCH3 is 1. The second-order valence-electron chi connectivity index (χ2n) is 8.79. The van der Waals surface area contributed by atoms with Gasteiger partial charge in [0.2, 0.25) is 0 Å².